The van der Waals surface area contributed by atoms with Gasteiger partial charge in [-0.1, -0.05) is 52.0 Å². The van der Waals surface area contributed by atoms with Crippen molar-refractivity contribution >= 4 is 34.0 Å². The number of hydrogen-bond acceptors (Lipinski definition) is 6. The maximum Gasteiger partial charge on any atom is 0.223 e. The molecule has 0 aliphatic rings. The summed E-state index contributed by atoms with van der Waals surface area (Å²) in [5.74, 6) is 0.629. The van der Waals surface area contributed by atoms with Crippen molar-refractivity contribution in [2.75, 3.05) is 16.6 Å². The number of benzene rings is 2. The predicted octanol–water partition coefficient (Wildman–Crippen LogP) is 7.04. The number of nitrogens with one attached hydrogen (secondary N) is 2. The minimum Gasteiger partial charge on any atom is -0.354 e. The van der Waals surface area contributed by atoms with Crippen LogP contribution in [-0.4, -0.2) is 25.7 Å². The normalized spacial score (nSPS) is 12.2. The quantitative estimate of drug-likeness (QED) is 0.246. The van der Waals surface area contributed by atoms with Gasteiger partial charge in [0.15, 0.2) is 16.8 Å². The Morgan fingerprint density at radius 1 is 1.03 bits per heavy atom. The summed E-state index contributed by atoms with van der Waals surface area (Å²) >= 11 is 1.50. The molecule has 0 amide bonds. The highest BCUT2D eigenvalue weighted by Gasteiger charge is 2.22. The van der Waals surface area contributed by atoms with Gasteiger partial charge in [-0.25, -0.2) is 23.6 Å². The Bertz CT molecular complexity index is 1390. The van der Waals surface area contributed by atoms with Gasteiger partial charge in [-0.2, -0.15) is 0 Å². The molecule has 2 aromatic heterocycles. The topological polar surface area (TPSA) is 79.8 Å². The van der Waals surface area contributed by atoms with Gasteiger partial charge < -0.3 is 5.32 Å². The summed E-state index contributed by atoms with van der Waals surface area (Å²) in [4.78, 5) is 15.2. The highest BCUT2D eigenvalue weighted by atomic mass is 32.2. The third-order valence-electron chi connectivity index (χ3n) is 5.44. The molecule has 0 spiro atoms. The molecule has 0 aliphatic heterocycles. The Morgan fingerprint density at radius 2 is 1.81 bits per heavy atom. The van der Waals surface area contributed by atoms with E-state index in [1.807, 2.05) is 31.2 Å². The van der Waals surface area contributed by atoms with Crippen LogP contribution in [0.1, 0.15) is 44.2 Å². The largest absolute Gasteiger partial charge is 0.354 e. The minimum atomic E-state index is -1.61. The van der Waals surface area contributed by atoms with Gasteiger partial charge in [0.1, 0.15) is 0 Å². The smallest absolute Gasteiger partial charge is 0.223 e. The SMILES string of the molecule is Cc1ccccc1S(=O)Nc1cccc(-c2nc(C(C)C)sc2-c2ccnc(NCC(C)C)n2)c1F. The molecule has 4 rings (SSSR count). The maximum absolute atomic E-state index is 15.9. The van der Waals surface area contributed by atoms with Crippen molar-refractivity contribution in [3.05, 3.63) is 71.1 Å². The number of nitrogens with zero attached hydrogens (tertiary/aromatic N) is 3. The molecule has 0 saturated carbocycles. The molecule has 2 aromatic carbocycles. The van der Waals surface area contributed by atoms with Crippen LogP contribution in [0.25, 0.3) is 21.8 Å². The molecule has 2 N–H and O–H groups in total. The fourth-order valence-electron chi connectivity index (χ4n) is 3.52. The van der Waals surface area contributed by atoms with Crippen molar-refractivity contribution in [3.8, 4) is 21.8 Å². The van der Waals surface area contributed by atoms with E-state index >= 15 is 4.39 Å². The summed E-state index contributed by atoms with van der Waals surface area (Å²) in [6.45, 7) is 11.0. The van der Waals surface area contributed by atoms with Crippen LogP contribution in [0.2, 0.25) is 0 Å². The van der Waals surface area contributed by atoms with E-state index in [1.165, 1.54) is 11.3 Å². The molecular weight excluding hydrogens is 493 g/mol. The first kappa shape index (κ1) is 25.9. The van der Waals surface area contributed by atoms with Crippen LogP contribution in [0.4, 0.5) is 16.0 Å². The Hall–Kier alpha value is -3.17. The molecule has 0 radical (unpaired) electrons. The molecule has 9 heteroatoms. The third kappa shape index (κ3) is 5.79. The van der Waals surface area contributed by atoms with Crippen molar-refractivity contribution in [2.24, 2.45) is 5.92 Å². The van der Waals surface area contributed by atoms with E-state index in [2.05, 4.69) is 47.7 Å². The summed E-state index contributed by atoms with van der Waals surface area (Å²) in [6.07, 6.45) is 1.70. The highest BCUT2D eigenvalue weighted by Crippen LogP contribution is 2.40. The summed E-state index contributed by atoms with van der Waals surface area (Å²) in [6, 6.07) is 14.2. The van der Waals surface area contributed by atoms with Gasteiger partial charge in [0, 0.05) is 24.2 Å². The second-order valence-corrected chi connectivity index (χ2v) is 11.4. The van der Waals surface area contributed by atoms with Crippen molar-refractivity contribution < 1.29 is 8.60 Å². The third-order valence-corrected chi connectivity index (χ3v) is 8.09. The minimum absolute atomic E-state index is 0.154. The van der Waals surface area contributed by atoms with Crippen LogP contribution < -0.4 is 10.0 Å². The monoisotopic (exact) mass is 523 g/mol. The molecule has 36 heavy (non-hydrogen) atoms. The Balaban J connectivity index is 1.74. The zero-order valence-electron chi connectivity index (χ0n) is 21.0. The van der Waals surface area contributed by atoms with Crippen molar-refractivity contribution in [1.82, 2.24) is 15.0 Å². The lowest BCUT2D eigenvalue weighted by molar-refractivity contribution is 0.634. The van der Waals surface area contributed by atoms with Gasteiger partial charge in [0.05, 0.1) is 31.9 Å². The number of hydrogen-bond donors (Lipinski definition) is 2. The standard InChI is InChI=1S/C27H30FN5OS2/c1-16(2)15-30-27-29-14-13-21(31-27)25-24(32-26(35-25)17(3)4)19-10-8-11-20(23(19)28)33-36(34)22-12-7-6-9-18(22)5/h6-14,16-17,33H,15H2,1-5H3,(H,29,30,31). The van der Waals surface area contributed by atoms with Crippen LogP contribution in [0.15, 0.2) is 59.6 Å². The lowest BCUT2D eigenvalue weighted by Gasteiger charge is -2.12. The molecule has 4 aromatic rings. The van der Waals surface area contributed by atoms with Crippen LogP contribution in [0.3, 0.4) is 0 Å². The Labute approximate surface area is 218 Å². The summed E-state index contributed by atoms with van der Waals surface area (Å²) < 4.78 is 31.7. The number of aromatic nitrogens is 3. The fourth-order valence-corrected chi connectivity index (χ4v) is 5.60. The van der Waals surface area contributed by atoms with Crippen LogP contribution in [0, 0.1) is 18.7 Å². The van der Waals surface area contributed by atoms with Gasteiger partial charge in [0.2, 0.25) is 5.95 Å². The van der Waals surface area contributed by atoms with E-state index in [0.29, 0.717) is 33.7 Å². The van der Waals surface area contributed by atoms with Crippen LogP contribution >= 0.6 is 11.3 Å². The molecule has 6 nitrogen and oxygen atoms in total. The highest BCUT2D eigenvalue weighted by molar-refractivity contribution is 7.86. The summed E-state index contributed by atoms with van der Waals surface area (Å²) in [5.41, 5.74) is 2.54. The van der Waals surface area contributed by atoms with Crippen LogP contribution in [-0.2, 0) is 11.0 Å². The summed E-state index contributed by atoms with van der Waals surface area (Å²) in [5, 5.41) is 4.14. The molecule has 0 aliphatic carbocycles. The average Bonchev–Trinajstić information content (AvgIpc) is 3.30. The van der Waals surface area contributed by atoms with E-state index < -0.39 is 16.8 Å². The van der Waals surface area contributed by atoms with E-state index in [4.69, 9.17) is 4.98 Å². The van der Waals surface area contributed by atoms with Crippen molar-refractivity contribution in [2.45, 2.75) is 45.4 Å². The van der Waals surface area contributed by atoms with Crippen molar-refractivity contribution in [3.63, 3.8) is 0 Å². The van der Waals surface area contributed by atoms with Gasteiger partial charge >= 0.3 is 0 Å². The molecular formula is C27H30FN5OS2. The summed E-state index contributed by atoms with van der Waals surface area (Å²) in [7, 11) is -1.61. The molecule has 188 valence electrons. The fraction of sp³-hybridized carbons (Fsp3) is 0.296. The zero-order valence-corrected chi connectivity index (χ0v) is 22.6. The average molecular weight is 524 g/mol. The molecule has 1 atom stereocenters. The van der Waals surface area contributed by atoms with E-state index in [-0.39, 0.29) is 11.6 Å². The lowest BCUT2D eigenvalue weighted by Crippen LogP contribution is -2.10. The Kier molecular flexibility index (Phi) is 8.11. The number of halogens is 1. The van der Waals surface area contributed by atoms with E-state index in [9.17, 15) is 4.21 Å². The van der Waals surface area contributed by atoms with E-state index in [1.54, 1.807) is 30.5 Å². The number of rotatable bonds is 9. The Morgan fingerprint density at radius 3 is 2.53 bits per heavy atom. The number of thiazole rings is 1. The maximum atomic E-state index is 15.9. The van der Waals surface area contributed by atoms with Gasteiger partial charge in [-0.15, -0.1) is 11.3 Å². The van der Waals surface area contributed by atoms with E-state index in [0.717, 1.165) is 22.0 Å². The second-order valence-electron chi connectivity index (χ2n) is 9.23. The van der Waals surface area contributed by atoms with Gasteiger partial charge in [0.25, 0.3) is 0 Å². The van der Waals surface area contributed by atoms with Gasteiger partial charge in [-0.05, 0) is 42.7 Å². The number of anilines is 2. The van der Waals surface area contributed by atoms with Gasteiger partial charge in [-0.3, -0.25) is 4.72 Å². The predicted molar refractivity (Wildman–Crippen MR) is 147 cm³/mol. The zero-order chi connectivity index (χ0) is 25.8. The molecule has 0 saturated heterocycles. The molecule has 0 bridgehead atoms. The molecule has 2 heterocycles. The lowest BCUT2D eigenvalue weighted by atomic mass is 10.1. The molecule has 1 unspecified atom stereocenters. The first-order valence-electron chi connectivity index (χ1n) is 11.9. The molecule has 0 fully saturated rings. The first-order valence-corrected chi connectivity index (χ1v) is 13.8. The number of aryl methyl sites for hydroxylation is 1. The van der Waals surface area contributed by atoms with Crippen LogP contribution in [0.5, 0.6) is 0 Å². The second kappa shape index (κ2) is 11.3. The first-order chi connectivity index (χ1) is 17.2. The van der Waals surface area contributed by atoms with Crippen molar-refractivity contribution in [1.29, 1.82) is 0 Å².